The second-order valence-electron chi connectivity index (χ2n) is 10.6. The first-order valence-corrected chi connectivity index (χ1v) is 14.6. The Kier molecular flexibility index (Phi) is 6.51. The number of nitrogens with one attached hydrogen (secondary N) is 2. The molecule has 0 radical (unpaired) electrons. The SMILES string of the molecule is Nc1nccc2cc(NC(=O)c3cc4c(cc3-c3ccc(C(=O)NCC5CC5)nc3C(=O)O)OCc3ccsc3-4)ccc12. The fraction of sp³-hybridized carbons (Fsp3) is 0.156. The van der Waals surface area contributed by atoms with Crippen LogP contribution in [0.4, 0.5) is 11.5 Å². The average Bonchev–Trinajstić information content (AvgIpc) is 3.72. The van der Waals surface area contributed by atoms with Crippen molar-refractivity contribution in [1.82, 2.24) is 15.3 Å². The zero-order valence-electron chi connectivity index (χ0n) is 22.7. The van der Waals surface area contributed by atoms with E-state index >= 15 is 0 Å². The van der Waals surface area contributed by atoms with Crippen LogP contribution >= 0.6 is 11.3 Å². The molecule has 0 saturated heterocycles. The first-order valence-electron chi connectivity index (χ1n) is 13.7. The van der Waals surface area contributed by atoms with Gasteiger partial charge in [0.05, 0.1) is 0 Å². The average molecular weight is 592 g/mol. The highest BCUT2D eigenvalue weighted by Crippen LogP contribution is 2.44. The van der Waals surface area contributed by atoms with Crippen LogP contribution < -0.4 is 21.1 Å². The van der Waals surface area contributed by atoms with Crippen LogP contribution in [0.2, 0.25) is 0 Å². The van der Waals surface area contributed by atoms with Gasteiger partial charge in [-0.2, -0.15) is 0 Å². The maximum atomic E-state index is 13.9. The molecule has 1 saturated carbocycles. The molecule has 1 aliphatic carbocycles. The molecule has 11 heteroatoms. The van der Waals surface area contributed by atoms with Crippen LogP contribution in [0, 0.1) is 5.92 Å². The Balaban J connectivity index is 1.32. The first kappa shape index (κ1) is 26.6. The molecule has 10 nitrogen and oxygen atoms in total. The molecule has 0 unspecified atom stereocenters. The molecular formula is C32H25N5O5S. The van der Waals surface area contributed by atoms with E-state index in [2.05, 4.69) is 20.6 Å². The Labute approximate surface area is 249 Å². The Morgan fingerprint density at radius 2 is 1.86 bits per heavy atom. The quantitative estimate of drug-likeness (QED) is 0.191. The maximum absolute atomic E-state index is 13.9. The maximum Gasteiger partial charge on any atom is 0.355 e. The Bertz CT molecular complexity index is 1970. The molecule has 3 aromatic heterocycles. The number of carbonyl (C=O) groups is 3. The number of carboxylic acid groups (broad SMARTS) is 1. The predicted molar refractivity (Wildman–Crippen MR) is 163 cm³/mol. The molecule has 1 fully saturated rings. The molecule has 5 N–H and O–H groups in total. The lowest BCUT2D eigenvalue weighted by molar-refractivity contribution is 0.0691. The zero-order valence-corrected chi connectivity index (χ0v) is 23.5. The van der Waals surface area contributed by atoms with E-state index in [1.54, 1.807) is 53.9 Å². The van der Waals surface area contributed by atoms with Gasteiger partial charge in [-0.3, -0.25) is 9.59 Å². The van der Waals surface area contributed by atoms with Gasteiger partial charge in [0.1, 0.15) is 23.9 Å². The zero-order chi connectivity index (χ0) is 29.7. The third-order valence-corrected chi connectivity index (χ3v) is 8.65. The van der Waals surface area contributed by atoms with Crippen molar-refractivity contribution in [2.75, 3.05) is 17.6 Å². The largest absolute Gasteiger partial charge is 0.488 e. The summed E-state index contributed by atoms with van der Waals surface area (Å²) in [6, 6.07) is 15.5. The fourth-order valence-corrected chi connectivity index (χ4v) is 6.15. The topological polar surface area (TPSA) is 157 Å². The lowest BCUT2D eigenvalue weighted by atomic mass is 9.92. The number of carbonyl (C=O) groups excluding carboxylic acids is 2. The van der Waals surface area contributed by atoms with Crippen LogP contribution in [0.5, 0.6) is 5.75 Å². The number of rotatable bonds is 7. The summed E-state index contributed by atoms with van der Waals surface area (Å²) < 4.78 is 6.03. The van der Waals surface area contributed by atoms with E-state index in [0.717, 1.165) is 39.6 Å². The van der Waals surface area contributed by atoms with E-state index in [1.165, 1.54) is 12.1 Å². The summed E-state index contributed by atoms with van der Waals surface area (Å²) in [6.07, 6.45) is 3.73. The van der Waals surface area contributed by atoms with Crippen LogP contribution in [0.25, 0.3) is 32.3 Å². The lowest BCUT2D eigenvalue weighted by Gasteiger charge is -2.21. The summed E-state index contributed by atoms with van der Waals surface area (Å²) in [6.45, 7) is 0.885. The minimum Gasteiger partial charge on any atom is -0.488 e. The summed E-state index contributed by atoms with van der Waals surface area (Å²) in [5.74, 6) is -0.844. The van der Waals surface area contributed by atoms with E-state index in [-0.39, 0.29) is 22.5 Å². The number of ether oxygens (including phenoxy) is 1. The number of amides is 2. The highest BCUT2D eigenvalue weighted by molar-refractivity contribution is 7.13. The van der Waals surface area contributed by atoms with Crippen LogP contribution in [-0.2, 0) is 6.61 Å². The number of nitrogens with two attached hydrogens (primary N) is 1. The smallest absolute Gasteiger partial charge is 0.355 e. The number of hydrogen-bond donors (Lipinski definition) is 4. The fourth-order valence-electron chi connectivity index (χ4n) is 5.22. The van der Waals surface area contributed by atoms with Gasteiger partial charge in [0.2, 0.25) is 0 Å². The van der Waals surface area contributed by atoms with Gasteiger partial charge >= 0.3 is 5.97 Å². The van der Waals surface area contributed by atoms with Gasteiger partial charge in [0.15, 0.2) is 5.69 Å². The van der Waals surface area contributed by atoms with Gasteiger partial charge in [-0.15, -0.1) is 11.3 Å². The molecule has 4 heterocycles. The molecule has 0 spiro atoms. The van der Waals surface area contributed by atoms with E-state index in [9.17, 15) is 19.5 Å². The third kappa shape index (κ3) is 5.04. The number of aromatic carboxylic acids is 1. The summed E-state index contributed by atoms with van der Waals surface area (Å²) in [5, 5.41) is 19.4. The molecule has 5 aromatic rings. The standard InChI is InChI=1S/C32H25N5O5S/c33-29-20-4-3-19(11-17(20)7-9-34-29)36-30(38)23-12-24-26(42-15-18-8-10-43-28(18)24)13-22(23)21-5-6-25(37-27(21)32(40)41)31(39)35-14-16-1-2-16/h3-13,16H,1-2,14-15H2,(H2,33,34)(H,35,39)(H,36,38)(H,40,41). The first-order chi connectivity index (χ1) is 20.9. The Hall–Kier alpha value is -5.29. The number of nitrogen functional groups attached to an aromatic ring is 1. The van der Waals surface area contributed by atoms with Gasteiger partial charge in [0.25, 0.3) is 11.8 Å². The van der Waals surface area contributed by atoms with Gasteiger partial charge in [0, 0.05) is 56.5 Å². The number of fused-ring (bicyclic) bond motifs is 4. The number of benzene rings is 2. The normalized spacial score (nSPS) is 13.5. The molecule has 1 aliphatic heterocycles. The second-order valence-corrected chi connectivity index (χ2v) is 11.5. The minimum atomic E-state index is -1.32. The van der Waals surface area contributed by atoms with Crippen molar-refractivity contribution in [2.24, 2.45) is 5.92 Å². The number of aromatic nitrogens is 2. The number of thiophene rings is 1. The van der Waals surface area contributed by atoms with E-state index in [4.69, 9.17) is 10.5 Å². The number of carboxylic acids is 1. The van der Waals surface area contributed by atoms with Gasteiger partial charge < -0.3 is 26.2 Å². The molecule has 0 atom stereocenters. The molecule has 2 aromatic carbocycles. The highest BCUT2D eigenvalue weighted by Gasteiger charge is 2.28. The van der Waals surface area contributed by atoms with Crippen LogP contribution in [0.3, 0.4) is 0 Å². The minimum absolute atomic E-state index is 0.00448. The summed E-state index contributed by atoms with van der Waals surface area (Å²) in [7, 11) is 0. The van der Waals surface area contributed by atoms with Crippen molar-refractivity contribution in [1.29, 1.82) is 0 Å². The monoisotopic (exact) mass is 591 g/mol. The van der Waals surface area contributed by atoms with Gasteiger partial charge in [-0.05, 0) is 84.1 Å². The molecule has 0 bridgehead atoms. The van der Waals surface area contributed by atoms with Crippen molar-refractivity contribution in [3.8, 4) is 27.3 Å². The highest BCUT2D eigenvalue weighted by atomic mass is 32.1. The number of nitrogens with zero attached hydrogens (tertiary/aromatic N) is 2. The van der Waals surface area contributed by atoms with Gasteiger partial charge in [-0.1, -0.05) is 0 Å². The molecule has 214 valence electrons. The molecule has 43 heavy (non-hydrogen) atoms. The third-order valence-electron chi connectivity index (χ3n) is 7.66. The Morgan fingerprint density at radius 3 is 2.67 bits per heavy atom. The summed E-state index contributed by atoms with van der Waals surface area (Å²) >= 11 is 1.54. The van der Waals surface area contributed by atoms with Crippen LogP contribution in [0.15, 0.2) is 66.2 Å². The molecule has 2 amide bonds. The van der Waals surface area contributed by atoms with Crippen molar-refractivity contribution in [2.45, 2.75) is 19.4 Å². The van der Waals surface area contributed by atoms with E-state index in [1.807, 2.05) is 11.4 Å². The van der Waals surface area contributed by atoms with Crippen molar-refractivity contribution >= 4 is 51.4 Å². The van der Waals surface area contributed by atoms with Crippen LogP contribution in [0.1, 0.15) is 49.7 Å². The van der Waals surface area contributed by atoms with E-state index < -0.39 is 17.8 Å². The second kappa shape index (κ2) is 10.5. The molecular weight excluding hydrogens is 566 g/mol. The number of hydrogen-bond acceptors (Lipinski definition) is 8. The Morgan fingerprint density at radius 1 is 1.00 bits per heavy atom. The summed E-state index contributed by atoms with van der Waals surface area (Å²) in [5.41, 5.74) is 8.66. The van der Waals surface area contributed by atoms with Gasteiger partial charge in [-0.25, -0.2) is 14.8 Å². The molecule has 7 rings (SSSR count). The van der Waals surface area contributed by atoms with E-state index in [0.29, 0.717) is 41.9 Å². The number of anilines is 2. The van der Waals surface area contributed by atoms with Crippen molar-refractivity contribution in [3.05, 3.63) is 88.7 Å². The molecule has 2 aliphatic rings. The van der Waals surface area contributed by atoms with Crippen molar-refractivity contribution in [3.63, 3.8) is 0 Å². The van der Waals surface area contributed by atoms with Crippen molar-refractivity contribution < 1.29 is 24.2 Å². The summed E-state index contributed by atoms with van der Waals surface area (Å²) in [4.78, 5) is 48.4. The number of pyridine rings is 2. The lowest BCUT2D eigenvalue weighted by Crippen LogP contribution is -2.27. The van der Waals surface area contributed by atoms with Crippen LogP contribution in [-0.4, -0.2) is 39.4 Å². The predicted octanol–water partition coefficient (Wildman–Crippen LogP) is 5.59.